The molecule has 1 fully saturated rings. The van der Waals surface area contributed by atoms with E-state index in [9.17, 15) is 9.59 Å². The van der Waals surface area contributed by atoms with Crippen LogP contribution in [0, 0.1) is 0 Å². The van der Waals surface area contributed by atoms with Gasteiger partial charge in [0.15, 0.2) is 0 Å². The zero-order valence-electron chi connectivity index (χ0n) is 18.4. The van der Waals surface area contributed by atoms with E-state index in [1.165, 1.54) is 4.57 Å². The third kappa shape index (κ3) is 4.07. The average molecular weight is 423 g/mol. The molecule has 0 spiro atoms. The van der Waals surface area contributed by atoms with Crippen molar-refractivity contribution in [2.75, 3.05) is 20.1 Å². The Morgan fingerprint density at radius 3 is 2.77 bits per heavy atom. The highest BCUT2D eigenvalue weighted by Gasteiger charge is 2.30. The quantitative estimate of drug-likeness (QED) is 0.724. The largest absolute Gasteiger partial charge is 0.357 e. The normalized spacial score (nSPS) is 20.2. The molecule has 2 aromatic heterocycles. The van der Waals surface area contributed by atoms with Gasteiger partial charge in [0, 0.05) is 56.2 Å². The van der Waals surface area contributed by atoms with Crippen LogP contribution in [0.3, 0.4) is 0 Å². The van der Waals surface area contributed by atoms with E-state index in [1.54, 1.807) is 24.5 Å². The van der Waals surface area contributed by atoms with Gasteiger partial charge in [0.05, 0.1) is 5.56 Å². The SMILES string of the molecule is C=CCn1cc(C(=O)N(C)C2CCN(C3C=C(C)N=C(C)N3)CC2)c2cc[nH]c2c1=O. The summed E-state index contributed by atoms with van der Waals surface area (Å²) in [5.74, 6) is 0.875. The van der Waals surface area contributed by atoms with Crippen LogP contribution >= 0.6 is 0 Å². The molecule has 2 aromatic rings. The Kier molecular flexibility index (Phi) is 5.82. The number of amidine groups is 1. The predicted molar refractivity (Wildman–Crippen MR) is 123 cm³/mol. The molecule has 164 valence electrons. The van der Waals surface area contributed by atoms with E-state index in [0.717, 1.165) is 37.5 Å². The number of hydrogen-bond donors (Lipinski definition) is 2. The summed E-state index contributed by atoms with van der Waals surface area (Å²) in [7, 11) is 1.86. The van der Waals surface area contributed by atoms with Crippen molar-refractivity contribution in [2.24, 2.45) is 4.99 Å². The molecule has 0 aliphatic carbocycles. The molecular weight excluding hydrogens is 392 g/mol. The van der Waals surface area contributed by atoms with Gasteiger partial charge in [-0.3, -0.25) is 14.5 Å². The molecule has 2 aliphatic rings. The number of hydrogen-bond acceptors (Lipinski definition) is 5. The lowest BCUT2D eigenvalue weighted by Gasteiger charge is -2.40. The van der Waals surface area contributed by atoms with Crippen molar-refractivity contribution >= 4 is 22.6 Å². The number of likely N-dealkylation sites (tertiary alicyclic amines) is 1. The van der Waals surface area contributed by atoms with Crippen molar-refractivity contribution in [3.63, 3.8) is 0 Å². The van der Waals surface area contributed by atoms with E-state index in [2.05, 4.69) is 32.8 Å². The van der Waals surface area contributed by atoms with E-state index in [0.29, 0.717) is 23.0 Å². The minimum absolute atomic E-state index is 0.0598. The van der Waals surface area contributed by atoms with Crippen LogP contribution in [0.25, 0.3) is 10.9 Å². The summed E-state index contributed by atoms with van der Waals surface area (Å²) in [5, 5.41) is 4.09. The van der Waals surface area contributed by atoms with E-state index in [4.69, 9.17) is 0 Å². The summed E-state index contributed by atoms with van der Waals surface area (Å²) in [6, 6.07) is 1.95. The third-order valence-corrected chi connectivity index (χ3v) is 6.21. The van der Waals surface area contributed by atoms with Crippen molar-refractivity contribution < 1.29 is 4.79 Å². The fraction of sp³-hybridized carbons (Fsp3) is 0.435. The standard InChI is InChI=1S/C23H30N6O2/c1-5-10-29-14-19(18-6-9-24-21(18)23(29)31)22(30)27(4)17-7-11-28(12-8-17)20-13-15(2)25-16(3)26-20/h5-6,9,13-14,17,20,24H,1,7-8,10-12H2,2-4H3,(H,25,26). The number of piperidine rings is 1. The number of H-pyrrole nitrogens is 1. The van der Waals surface area contributed by atoms with Gasteiger partial charge in [0.1, 0.15) is 17.5 Å². The number of carbonyl (C=O) groups excluding carboxylic acids is 1. The zero-order chi connectivity index (χ0) is 22.1. The van der Waals surface area contributed by atoms with Gasteiger partial charge in [-0.1, -0.05) is 6.08 Å². The average Bonchev–Trinajstić information content (AvgIpc) is 3.25. The van der Waals surface area contributed by atoms with E-state index in [-0.39, 0.29) is 23.7 Å². The number of aromatic nitrogens is 2. The zero-order valence-corrected chi connectivity index (χ0v) is 18.4. The molecule has 2 aliphatic heterocycles. The van der Waals surface area contributed by atoms with Crippen LogP contribution in [-0.4, -0.2) is 63.4 Å². The van der Waals surface area contributed by atoms with Gasteiger partial charge in [0.2, 0.25) is 0 Å². The van der Waals surface area contributed by atoms with Crippen molar-refractivity contribution in [1.29, 1.82) is 0 Å². The smallest absolute Gasteiger partial charge is 0.275 e. The molecule has 1 unspecified atom stereocenters. The van der Waals surface area contributed by atoms with Crippen LogP contribution in [0.2, 0.25) is 0 Å². The second-order valence-electron chi connectivity index (χ2n) is 8.33. The number of allylic oxidation sites excluding steroid dienone is 2. The Labute approximate surface area is 181 Å². The number of aliphatic imine (C=N–C) groups is 1. The number of carbonyl (C=O) groups is 1. The van der Waals surface area contributed by atoms with Crippen LogP contribution < -0.4 is 10.9 Å². The van der Waals surface area contributed by atoms with Crippen LogP contribution in [0.4, 0.5) is 0 Å². The number of nitrogens with one attached hydrogen (secondary N) is 2. The first-order chi connectivity index (χ1) is 14.9. The van der Waals surface area contributed by atoms with Gasteiger partial charge >= 0.3 is 0 Å². The van der Waals surface area contributed by atoms with E-state index >= 15 is 0 Å². The van der Waals surface area contributed by atoms with Crippen LogP contribution in [0.1, 0.15) is 37.0 Å². The Balaban J connectivity index is 1.49. The topological polar surface area (TPSA) is 85.7 Å². The highest BCUT2D eigenvalue weighted by Crippen LogP contribution is 2.23. The van der Waals surface area contributed by atoms with Gasteiger partial charge in [-0.25, -0.2) is 4.99 Å². The van der Waals surface area contributed by atoms with Crippen molar-refractivity contribution in [2.45, 2.75) is 45.4 Å². The first-order valence-corrected chi connectivity index (χ1v) is 10.7. The summed E-state index contributed by atoms with van der Waals surface area (Å²) in [6.45, 7) is 9.87. The molecule has 1 atom stereocenters. The number of rotatable bonds is 5. The van der Waals surface area contributed by atoms with Gasteiger partial charge in [-0.2, -0.15) is 0 Å². The molecule has 4 heterocycles. The highest BCUT2D eigenvalue weighted by molar-refractivity contribution is 6.05. The number of amides is 1. The maximum Gasteiger partial charge on any atom is 0.275 e. The van der Waals surface area contributed by atoms with Gasteiger partial charge < -0.3 is 19.8 Å². The lowest BCUT2D eigenvalue weighted by molar-refractivity contribution is 0.0613. The van der Waals surface area contributed by atoms with E-state index < -0.39 is 0 Å². The first kappa shape index (κ1) is 21.1. The number of fused-ring (bicyclic) bond motifs is 1. The number of pyridine rings is 1. The second-order valence-corrected chi connectivity index (χ2v) is 8.33. The minimum Gasteiger partial charge on any atom is -0.357 e. The molecule has 0 aromatic carbocycles. The second kappa shape index (κ2) is 8.55. The molecule has 31 heavy (non-hydrogen) atoms. The molecule has 1 amide bonds. The number of nitrogens with zero attached hydrogens (tertiary/aromatic N) is 4. The molecule has 4 rings (SSSR count). The molecule has 8 nitrogen and oxygen atoms in total. The van der Waals surface area contributed by atoms with Crippen LogP contribution in [0.5, 0.6) is 0 Å². The van der Waals surface area contributed by atoms with E-state index in [1.807, 2.05) is 25.8 Å². The molecule has 2 N–H and O–H groups in total. The van der Waals surface area contributed by atoms with Gasteiger partial charge in [-0.15, -0.1) is 6.58 Å². The molecule has 0 radical (unpaired) electrons. The molecule has 8 heteroatoms. The predicted octanol–water partition coefficient (Wildman–Crippen LogP) is 2.30. The third-order valence-electron chi connectivity index (χ3n) is 6.21. The summed E-state index contributed by atoms with van der Waals surface area (Å²) in [5.41, 5.74) is 1.89. The Morgan fingerprint density at radius 1 is 1.35 bits per heavy atom. The van der Waals surface area contributed by atoms with Crippen molar-refractivity contribution in [1.82, 2.24) is 24.7 Å². The summed E-state index contributed by atoms with van der Waals surface area (Å²) in [4.78, 5) is 37.6. The maximum absolute atomic E-state index is 13.4. The summed E-state index contributed by atoms with van der Waals surface area (Å²) < 4.78 is 1.53. The summed E-state index contributed by atoms with van der Waals surface area (Å²) in [6.07, 6.45) is 9.12. The Hall–Kier alpha value is -3.13. The lowest BCUT2D eigenvalue weighted by atomic mass is 10.0. The maximum atomic E-state index is 13.4. The van der Waals surface area contributed by atoms with Crippen LogP contribution in [0.15, 0.2) is 52.7 Å². The number of aromatic amines is 1. The molecule has 0 saturated carbocycles. The van der Waals surface area contributed by atoms with Crippen molar-refractivity contribution in [3.8, 4) is 0 Å². The molecule has 1 saturated heterocycles. The fourth-order valence-corrected chi connectivity index (χ4v) is 4.57. The van der Waals surface area contributed by atoms with Crippen molar-refractivity contribution in [3.05, 3.63) is 58.8 Å². The fourth-order valence-electron chi connectivity index (χ4n) is 4.57. The summed E-state index contributed by atoms with van der Waals surface area (Å²) >= 11 is 0. The molecular formula is C23H30N6O2. The minimum atomic E-state index is -0.144. The Bertz CT molecular complexity index is 1120. The van der Waals surface area contributed by atoms with Gasteiger partial charge in [-0.05, 0) is 38.8 Å². The lowest BCUT2D eigenvalue weighted by Crippen LogP contribution is -2.53. The van der Waals surface area contributed by atoms with Crippen LogP contribution in [-0.2, 0) is 6.54 Å². The first-order valence-electron chi connectivity index (χ1n) is 10.7. The Morgan fingerprint density at radius 2 is 2.10 bits per heavy atom. The monoisotopic (exact) mass is 422 g/mol. The molecule has 0 bridgehead atoms. The highest BCUT2D eigenvalue weighted by atomic mass is 16.2. The van der Waals surface area contributed by atoms with Gasteiger partial charge in [0.25, 0.3) is 11.5 Å².